The van der Waals surface area contributed by atoms with Crippen molar-refractivity contribution >= 4 is 32.5 Å². The summed E-state index contributed by atoms with van der Waals surface area (Å²) in [6.45, 7) is 9.06. The normalized spacial score (nSPS) is 16.9. The van der Waals surface area contributed by atoms with Gasteiger partial charge in [0.15, 0.2) is 15.6 Å². The highest BCUT2D eigenvalue weighted by Crippen LogP contribution is 2.38. The molecule has 1 aliphatic heterocycles. The molecule has 3 aromatic rings. The summed E-state index contributed by atoms with van der Waals surface area (Å²) in [7, 11) is -3.27. The zero-order chi connectivity index (χ0) is 21.8. The molecule has 0 saturated carbocycles. The van der Waals surface area contributed by atoms with Crippen LogP contribution < -0.4 is 4.90 Å². The van der Waals surface area contributed by atoms with Crippen LogP contribution in [0.5, 0.6) is 0 Å². The van der Waals surface area contributed by atoms with Crippen molar-refractivity contribution in [3.8, 4) is 0 Å². The monoisotopic (exact) mass is 426 g/mol. The fraction of sp³-hybridized carbons (Fsp3) is 0.409. The van der Waals surface area contributed by atoms with Crippen LogP contribution in [0.15, 0.2) is 35.4 Å². The SMILES string of the molecule is CC(=O)c1cnc(N2CCn3c(cc4ccc(S(C)(=O)=O)cc43)[C@@H]2C(C)C)nc1C. The molecule has 0 fully saturated rings. The number of rotatable bonds is 4. The summed E-state index contributed by atoms with van der Waals surface area (Å²) in [6.07, 6.45) is 2.84. The molecule has 0 bridgehead atoms. The summed E-state index contributed by atoms with van der Waals surface area (Å²) in [5, 5.41) is 1.02. The van der Waals surface area contributed by atoms with E-state index >= 15 is 0 Å². The second-order valence-electron chi connectivity index (χ2n) is 8.32. The number of carbonyl (C=O) groups excluding carboxylic acids is 1. The van der Waals surface area contributed by atoms with Gasteiger partial charge in [-0.25, -0.2) is 18.4 Å². The van der Waals surface area contributed by atoms with Crippen LogP contribution in [-0.4, -0.2) is 41.5 Å². The summed E-state index contributed by atoms with van der Waals surface area (Å²) in [6, 6.07) is 7.48. The van der Waals surface area contributed by atoms with Gasteiger partial charge < -0.3 is 9.47 Å². The second kappa shape index (κ2) is 7.19. The summed E-state index contributed by atoms with van der Waals surface area (Å²) in [5.74, 6) is 0.851. The molecule has 2 aromatic heterocycles. The lowest BCUT2D eigenvalue weighted by molar-refractivity contribution is 0.101. The number of benzene rings is 1. The number of carbonyl (C=O) groups is 1. The Kier molecular flexibility index (Phi) is 4.92. The standard InChI is InChI=1S/C22H26N4O3S/c1-13(2)21-20-10-16-6-7-17(30(5,28)29)11-19(16)25(20)8-9-26(21)22-23-12-18(15(4)27)14(3)24-22/h6-7,10-13,21H,8-9H2,1-5H3/t21-/m0/s1. The number of ketones is 1. The molecule has 158 valence electrons. The molecule has 8 heteroatoms. The molecular formula is C22H26N4O3S. The van der Waals surface area contributed by atoms with E-state index in [-0.39, 0.29) is 17.7 Å². The van der Waals surface area contributed by atoms with Gasteiger partial charge in [-0.15, -0.1) is 0 Å². The molecule has 7 nitrogen and oxygen atoms in total. The van der Waals surface area contributed by atoms with Crippen molar-refractivity contribution in [1.29, 1.82) is 0 Å². The highest BCUT2D eigenvalue weighted by molar-refractivity contribution is 7.90. The molecular weight excluding hydrogens is 400 g/mol. The van der Waals surface area contributed by atoms with Crippen LogP contribution >= 0.6 is 0 Å². The first-order valence-corrected chi connectivity index (χ1v) is 11.9. The van der Waals surface area contributed by atoms with Gasteiger partial charge in [0, 0.05) is 42.1 Å². The van der Waals surface area contributed by atoms with Crippen molar-refractivity contribution in [3.63, 3.8) is 0 Å². The van der Waals surface area contributed by atoms with Gasteiger partial charge in [-0.05, 0) is 38.0 Å². The number of anilines is 1. The average molecular weight is 427 g/mol. The summed E-state index contributed by atoms with van der Waals surface area (Å²) >= 11 is 0. The fourth-order valence-electron chi connectivity index (χ4n) is 4.35. The van der Waals surface area contributed by atoms with Crippen LogP contribution in [-0.2, 0) is 16.4 Å². The predicted octanol–water partition coefficient (Wildman–Crippen LogP) is 3.56. The van der Waals surface area contributed by atoms with Gasteiger partial charge >= 0.3 is 0 Å². The fourth-order valence-corrected chi connectivity index (χ4v) is 4.99. The average Bonchev–Trinajstić information content (AvgIpc) is 3.03. The first kappa shape index (κ1) is 20.5. The van der Waals surface area contributed by atoms with Gasteiger partial charge in [-0.1, -0.05) is 19.9 Å². The first-order valence-electron chi connectivity index (χ1n) is 10.0. The van der Waals surface area contributed by atoms with E-state index in [1.165, 1.54) is 13.2 Å². The Morgan fingerprint density at radius 1 is 1.20 bits per heavy atom. The Morgan fingerprint density at radius 2 is 1.93 bits per heavy atom. The quantitative estimate of drug-likeness (QED) is 0.593. The minimum atomic E-state index is -3.27. The molecule has 0 unspecified atom stereocenters. The van der Waals surface area contributed by atoms with E-state index in [9.17, 15) is 13.2 Å². The van der Waals surface area contributed by atoms with E-state index in [1.54, 1.807) is 18.3 Å². The minimum absolute atomic E-state index is 0.0374. The minimum Gasteiger partial charge on any atom is -0.341 e. The van der Waals surface area contributed by atoms with Gasteiger partial charge in [0.2, 0.25) is 5.95 Å². The molecule has 1 aliphatic rings. The highest BCUT2D eigenvalue weighted by Gasteiger charge is 2.33. The van der Waals surface area contributed by atoms with E-state index in [4.69, 9.17) is 0 Å². The smallest absolute Gasteiger partial charge is 0.226 e. The Bertz CT molecular complexity index is 1260. The van der Waals surface area contributed by atoms with Crippen LogP contribution in [0.4, 0.5) is 5.95 Å². The van der Waals surface area contributed by atoms with E-state index in [1.807, 2.05) is 13.0 Å². The third-order valence-corrected chi connectivity index (χ3v) is 6.88. The van der Waals surface area contributed by atoms with Crippen molar-refractivity contribution in [2.24, 2.45) is 5.92 Å². The maximum absolute atomic E-state index is 12.0. The first-order chi connectivity index (χ1) is 14.1. The van der Waals surface area contributed by atoms with Crippen LogP contribution in [0.25, 0.3) is 10.9 Å². The van der Waals surface area contributed by atoms with Crippen molar-refractivity contribution in [2.45, 2.75) is 45.2 Å². The van der Waals surface area contributed by atoms with Crippen LogP contribution in [0.3, 0.4) is 0 Å². The number of aryl methyl sites for hydroxylation is 1. The second-order valence-corrected chi connectivity index (χ2v) is 10.3. The van der Waals surface area contributed by atoms with Crippen LogP contribution in [0.1, 0.15) is 48.6 Å². The van der Waals surface area contributed by atoms with Gasteiger partial charge in [0.05, 0.1) is 22.2 Å². The maximum atomic E-state index is 12.0. The number of Topliss-reactive ketones (excluding diaryl/α,β-unsaturated/α-hetero) is 1. The largest absolute Gasteiger partial charge is 0.341 e. The van der Waals surface area contributed by atoms with Gasteiger partial charge in [-0.2, -0.15) is 0 Å². The maximum Gasteiger partial charge on any atom is 0.226 e. The molecule has 3 heterocycles. The third kappa shape index (κ3) is 3.39. The van der Waals surface area contributed by atoms with E-state index in [0.29, 0.717) is 35.2 Å². The molecule has 0 saturated heterocycles. The molecule has 0 aliphatic carbocycles. The lowest BCUT2D eigenvalue weighted by Crippen LogP contribution is -2.41. The lowest BCUT2D eigenvalue weighted by atomic mass is 9.97. The van der Waals surface area contributed by atoms with Crippen molar-refractivity contribution in [2.75, 3.05) is 17.7 Å². The van der Waals surface area contributed by atoms with Crippen molar-refractivity contribution in [3.05, 3.63) is 47.4 Å². The van der Waals surface area contributed by atoms with E-state index in [2.05, 4.69) is 39.3 Å². The Hall–Kier alpha value is -2.74. The Labute approximate surface area is 176 Å². The van der Waals surface area contributed by atoms with E-state index in [0.717, 1.165) is 16.6 Å². The Morgan fingerprint density at radius 3 is 2.53 bits per heavy atom. The molecule has 0 amide bonds. The molecule has 1 atom stereocenters. The van der Waals surface area contributed by atoms with Gasteiger partial charge in [-0.3, -0.25) is 4.79 Å². The van der Waals surface area contributed by atoms with Gasteiger partial charge in [0.1, 0.15) is 0 Å². The zero-order valence-corrected chi connectivity index (χ0v) is 18.7. The molecule has 4 rings (SSSR count). The van der Waals surface area contributed by atoms with Gasteiger partial charge in [0.25, 0.3) is 0 Å². The number of sulfone groups is 1. The lowest BCUT2D eigenvalue weighted by Gasteiger charge is -2.39. The molecule has 0 N–H and O–H groups in total. The Balaban J connectivity index is 1.83. The molecule has 0 radical (unpaired) electrons. The van der Waals surface area contributed by atoms with Crippen molar-refractivity contribution < 1.29 is 13.2 Å². The predicted molar refractivity (Wildman–Crippen MR) is 117 cm³/mol. The third-order valence-electron chi connectivity index (χ3n) is 5.77. The molecule has 0 spiro atoms. The number of aromatic nitrogens is 3. The summed E-state index contributed by atoms with van der Waals surface area (Å²) < 4.78 is 26.3. The molecule has 30 heavy (non-hydrogen) atoms. The zero-order valence-electron chi connectivity index (χ0n) is 17.9. The number of hydrogen-bond acceptors (Lipinski definition) is 6. The number of hydrogen-bond donors (Lipinski definition) is 0. The van der Waals surface area contributed by atoms with Crippen LogP contribution in [0.2, 0.25) is 0 Å². The number of nitrogens with zero attached hydrogens (tertiary/aromatic N) is 4. The van der Waals surface area contributed by atoms with E-state index < -0.39 is 9.84 Å². The van der Waals surface area contributed by atoms with Crippen molar-refractivity contribution in [1.82, 2.24) is 14.5 Å². The summed E-state index contributed by atoms with van der Waals surface area (Å²) in [4.78, 5) is 23.4. The molecule has 1 aromatic carbocycles. The van der Waals surface area contributed by atoms with Crippen LogP contribution in [0, 0.1) is 12.8 Å². The number of fused-ring (bicyclic) bond motifs is 3. The topological polar surface area (TPSA) is 85.2 Å². The highest BCUT2D eigenvalue weighted by atomic mass is 32.2. The summed E-state index contributed by atoms with van der Waals surface area (Å²) in [5.41, 5.74) is 3.27.